The topological polar surface area (TPSA) is 192 Å². The van der Waals surface area contributed by atoms with Crippen molar-refractivity contribution in [2.24, 2.45) is 17.3 Å². The predicted molar refractivity (Wildman–Crippen MR) is 264 cm³/mol. The summed E-state index contributed by atoms with van der Waals surface area (Å²) in [5, 5.41) is 19.6. The van der Waals surface area contributed by atoms with Crippen LogP contribution in [-0.2, 0) is 48.0 Å². The molecule has 0 saturated carbocycles. The molecule has 4 atom stereocenters. The van der Waals surface area contributed by atoms with E-state index in [1.807, 2.05) is 52.1 Å². The number of nitrogens with zero attached hydrogens (tertiary/aromatic N) is 7. The molecular formula is C51H69N9O8S. The van der Waals surface area contributed by atoms with Crippen LogP contribution >= 0.6 is 11.3 Å². The number of amides is 5. The third kappa shape index (κ3) is 10.9. The first-order valence-corrected chi connectivity index (χ1v) is 24.9. The van der Waals surface area contributed by atoms with Crippen LogP contribution in [0.25, 0.3) is 33.4 Å². The number of hydrogen-bond acceptors (Lipinski definition) is 12. The number of likely N-dealkylation sites (N-methyl/N-ethyl adjacent to an activating group) is 2. The zero-order valence-electron chi connectivity index (χ0n) is 41.5. The van der Waals surface area contributed by atoms with E-state index in [2.05, 4.69) is 47.0 Å². The lowest BCUT2D eigenvalue weighted by atomic mass is 9.84. The number of thiazole rings is 1. The quantitative estimate of drug-likeness (QED) is 0.119. The first kappa shape index (κ1) is 51.2. The number of piperidine rings is 1. The zero-order valence-corrected chi connectivity index (χ0v) is 42.4. The van der Waals surface area contributed by atoms with Crippen molar-refractivity contribution >= 4 is 52.0 Å². The van der Waals surface area contributed by atoms with Crippen LogP contribution in [0, 0.1) is 17.3 Å². The molecule has 372 valence electrons. The fourth-order valence-electron chi connectivity index (χ4n) is 10.1. The molecule has 69 heavy (non-hydrogen) atoms. The molecule has 6 heterocycles. The minimum atomic E-state index is -2.23. The third-order valence-electron chi connectivity index (χ3n) is 13.8. The van der Waals surface area contributed by atoms with Gasteiger partial charge in [0, 0.05) is 106 Å². The van der Waals surface area contributed by atoms with Crippen molar-refractivity contribution in [3.05, 3.63) is 70.8 Å². The summed E-state index contributed by atoms with van der Waals surface area (Å²) in [6.45, 7) is 17.6. The molecule has 3 aliphatic heterocycles. The fraction of sp³-hybridized carbons (Fsp3) is 0.549. The number of urea groups is 1. The lowest BCUT2D eigenvalue weighted by molar-refractivity contribution is -0.189. The lowest BCUT2D eigenvalue weighted by Crippen LogP contribution is -2.67. The van der Waals surface area contributed by atoms with Gasteiger partial charge in [0.05, 0.1) is 34.8 Å². The van der Waals surface area contributed by atoms with Gasteiger partial charge in [0.1, 0.15) is 12.1 Å². The monoisotopic (exact) mass is 967 g/mol. The zero-order chi connectivity index (χ0) is 49.9. The number of carbonyl (C=O) groups is 5. The number of methoxy groups -OCH3 is 1. The third-order valence-corrected chi connectivity index (χ3v) is 14.7. The summed E-state index contributed by atoms with van der Waals surface area (Å²) in [4.78, 5) is 84.0. The number of aliphatic hydroxyl groups is 1. The van der Waals surface area contributed by atoms with Gasteiger partial charge < -0.3 is 39.2 Å². The van der Waals surface area contributed by atoms with Gasteiger partial charge in [0.25, 0.3) is 5.91 Å². The molecule has 6 bridgehead atoms. The van der Waals surface area contributed by atoms with Crippen LogP contribution in [0.1, 0.15) is 89.6 Å². The van der Waals surface area contributed by atoms with Gasteiger partial charge in [-0.05, 0) is 87.3 Å². The summed E-state index contributed by atoms with van der Waals surface area (Å²) in [5.41, 5.74) is 6.26. The van der Waals surface area contributed by atoms with Gasteiger partial charge in [0.2, 0.25) is 17.5 Å². The number of aromatic nitrogens is 3. The highest BCUT2D eigenvalue weighted by atomic mass is 32.1. The molecule has 3 aliphatic rings. The first-order valence-electron chi connectivity index (χ1n) is 24.1. The van der Waals surface area contributed by atoms with Crippen LogP contribution in [0.5, 0.6) is 0 Å². The molecule has 2 saturated heterocycles. The first-order chi connectivity index (χ1) is 32.8. The second kappa shape index (κ2) is 21.1. The van der Waals surface area contributed by atoms with Gasteiger partial charge in [-0.25, -0.2) is 14.6 Å². The normalized spacial score (nSPS) is 21.1. The minimum absolute atomic E-state index is 0.00536. The van der Waals surface area contributed by atoms with Gasteiger partial charge in [-0.2, -0.15) is 5.43 Å². The van der Waals surface area contributed by atoms with Crippen LogP contribution in [0.15, 0.2) is 54.6 Å². The van der Waals surface area contributed by atoms with E-state index in [4.69, 9.17) is 19.4 Å². The molecule has 1 aromatic carbocycles. The Kier molecular flexibility index (Phi) is 15.7. The molecule has 3 N–H and O–H groups in total. The number of nitrogens with one attached hydrogen (secondary N) is 2. The van der Waals surface area contributed by atoms with Gasteiger partial charge >= 0.3 is 12.0 Å². The van der Waals surface area contributed by atoms with E-state index in [0.717, 1.165) is 39.0 Å². The van der Waals surface area contributed by atoms with Crippen molar-refractivity contribution in [3.63, 3.8) is 0 Å². The molecule has 0 spiro atoms. The average molecular weight is 968 g/mol. The molecule has 2 fully saturated rings. The Labute approximate surface area is 409 Å². The van der Waals surface area contributed by atoms with Crippen LogP contribution in [0.4, 0.5) is 4.79 Å². The fourth-order valence-corrected chi connectivity index (χ4v) is 10.9. The maximum Gasteiger partial charge on any atom is 0.355 e. The van der Waals surface area contributed by atoms with E-state index in [9.17, 15) is 29.1 Å². The van der Waals surface area contributed by atoms with E-state index in [1.165, 1.54) is 27.3 Å². The maximum atomic E-state index is 14.7. The van der Waals surface area contributed by atoms with Crippen LogP contribution in [0.3, 0.4) is 0 Å². The van der Waals surface area contributed by atoms with E-state index < -0.39 is 41.0 Å². The minimum Gasteiger partial charge on any atom is -0.462 e. The number of hydrogen-bond donors (Lipinski definition) is 3. The van der Waals surface area contributed by atoms with E-state index >= 15 is 0 Å². The van der Waals surface area contributed by atoms with Gasteiger partial charge in [-0.1, -0.05) is 40.3 Å². The molecule has 7 rings (SSSR count). The molecule has 0 unspecified atom stereocenters. The Balaban J connectivity index is 1.23. The van der Waals surface area contributed by atoms with Gasteiger partial charge in [-0.3, -0.25) is 24.4 Å². The number of esters is 1. The standard InChI is InChI=1S/C51H69N9O8S/c1-11-42(61)56(8)28-33-18-23-58(24-19-33)49(65)57(9)44(31(3)4)46(62)54-38-26-41-53-39(29-69-41)34-16-17-40-36(25-34)37(45(59(40)12-2)35-15-13-21-52-43(35)32(5)67-10)27-50(6,7)30-68-48(64)51(66)20-14-22-60(55-51)47(38)63/h11,13,15-17,21,25,29,31-33,38,44,55,66H,1,12,14,18-20,22-24,26-28,30H2,2-10H3,(H,54,62)/t32-,38-,44-,51-/m0/s1. The van der Waals surface area contributed by atoms with E-state index in [1.54, 1.807) is 37.2 Å². The summed E-state index contributed by atoms with van der Waals surface area (Å²) in [6, 6.07) is 7.80. The number of fused-ring (bicyclic) bond motifs is 6. The summed E-state index contributed by atoms with van der Waals surface area (Å²) in [7, 11) is 5.00. The lowest BCUT2D eigenvalue weighted by Gasteiger charge is -2.41. The van der Waals surface area contributed by atoms with Crippen molar-refractivity contribution in [1.82, 2.24) is 45.0 Å². The molecule has 17 nitrogen and oxygen atoms in total. The van der Waals surface area contributed by atoms with Crippen molar-refractivity contribution in [2.45, 2.75) is 111 Å². The highest BCUT2D eigenvalue weighted by Crippen LogP contribution is 2.42. The van der Waals surface area contributed by atoms with Crippen LogP contribution in [-0.4, -0.2) is 141 Å². The Morgan fingerprint density at radius 2 is 1.87 bits per heavy atom. The number of benzene rings is 1. The summed E-state index contributed by atoms with van der Waals surface area (Å²) < 4.78 is 14.1. The Hall–Kier alpha value is -5.69. The number of aryl methyl sites for hydroxylation is 1. The molecule has 0 aliphatic carbocycles. The van der Waals surface area contributed by atoms with E-state index in [-0.39, 0.29) is 62.3 Å². The molecule has 4 aromatic rings. The number of pyridine rings is 1. The second-order valence-electron chi connectivity index (χ2n) is 19.9. The number of carbonyl (C=O) groups excluding carboxylic acids is 5. The second-order valence-corrected chi connectivity index (χ2v) is 20.9. The molecule has 0 radical (unpaired) electrons. The maximum absolute atomic E-state index is 14.7. The Morgan fingerprint density at radius 1 is 1.13 bits per heavy atom. The van der Waals surface area contributed by atoms with Crippen molar-refractivity contribution in [3.8, 4) is 22.5 Å². The average Bonchev–Trinajstić information content (AvgIpc) is 3.93. The summed E-state index contributed by atoms with van der Waals surface area (Å²) in [5.74, 6) is -2.30. The van der Waals surface area contributed by atoms with Crippen molar-refractivity contribution in [1.29, 1.82) is 0 Å². The molecular weight excluding hydrogens is 899 g/mol. The Bertz CT molecular complexity index is 2570. The molecule has 5 amide bonds. The largest absolute Gasteiger partial charge is 0.462 e. The number of likely N-dealkylation sites (tertiary alicyclic amines) is 1. The van der Waals surface area contributed by atoms with Crippen LogP contribution in [0.2, 0.25) is 0 Å². The SMILES string of the molecule is C=CC(=O)N(C)CC1CCN(C(=O)N(C)[C@H](C(=O)N[C@H]2Cc3nc(cs3)-c3ccc4c(c3)c(c(-c3cccnc3[C@H](C)OC)n4CC)CC(C)(C)COC(=O)[C@@]3(O)CCCN(N3)C2=O)C(C)C)CC1. The van der Waals surface area contributed by atoms with Crippen molar-refractivity contribution in [2.75, 3.05) is 54.0 Å². The highest BCUT2D eigenvalue weighted by Gasteiger charge is 2.46. The predicted octanol–water partition coefficient (Wildman–Crippen LogP) is 5.96. The molecule has 18 heteroatoms. The summed E-state index contributed by atoms with van der Waals surface area (Å²) in [6.07, 6.45) is 4.91. The number of cyclic esters (lactones) is 1. The summed E-state index contributed by atoms with van der Waals surface area (Å²) >= 11 is 1.36. The van der Waals surface area contributed by atoms with Crippen molar-refractivity contribution < 1.29 is 38.6 Å². The van der Waals surface area contributed by atoms with Gasteiger partial charge in [0.15, 0.2) is 0 Å². The number of rotatable bonds is 11. The Morgan fingerprint density at radius 3 is 2.55 bits per heavy atom. The van der Waals surface area contributed by atoms with E-state index in [0.29, 0.717) is 56.1 Å². The molecule has 3 aromatic heterocycles. The highest BCUT2D eigenvalue weighted by molar-refractivity contribution is 7.10. The number of hydrazine groups is 1. The van der Waals surface area contributed by atoms with Crippen LogP contribution < -0.4 is 10.7 Å². The number of ether oxygens (including phenoxy) is 2. The smallest absolute Gasteiger partial charge is 0.355 e. The van der Waals surface area contributed by atoms with Gasteiger partial charge in [-0.15, -0.1) is 11.3 Å².